The van der Waals surface area contributed by atoms with E-state index in [2.05, 4.69) is 5.32 Å². The van der Waals surface area contributed by atoms with Crippen molar-refractivity contribution in [3.05, 3.63) is 63.5 Å². The lowest BCUT2D eigenvalue weighted by Gasteiger charge is -2.09. The second-order valence-electron chi connectivity index (χ2n) is 4.81. The number of nitrogens with zero attached hydrogens (tertiary/aromatic N) is 1. The van der Waals surface area contributed by atoms with Crippen LogP contribution in [0.15, 0.2) is 36.4 Å². The van der Waals surface area contributed by atoms with E-state index in [9.17, 15) is 19.3 Å². The fourth-order valence-electron chi connectivity index (χ4n) is 1.99. The van der Waals surface area contributed by atoms with Crippen molar-refractivity contribution >= 4 is 17.3 Å². The molecule has 0 radical (unpaired) electrons. The highest BCUT2D eigenvalue weighted by Crippen LogP contribution is 2.28. The Bertz CT molecular complexity index is 762. The highest BCUT2D eigenvalue weighted by molar-refractivity contribution is 6.04. The zero-order valence-corrected chi connectivity index (χ0v) is 12.6. The number of rotatable bonds is 5. The van der Waals surface area contributed by atoms with E-state index in [1.54, 1.807) is 19.9 Å². The van der Waals surface area contributed by atoms with Gasteiger partial charge >= 0.3 is 5.69 Å². The maximum atomic E-state index is 13.8. The third kappa shape index (κ3) is 3.82. The van der Waals surface area contributed by atoms with Crippen molar-refractivity contribution in [3.8, 4) is 5.75 Å². The largest absolute Gasteiger partial charge is 0.487 e. The molecule has 0 saturated carbocycles. The topological polar surface area (TPSA) is 81.5 Å². The first kappa shape index (κ1) is 16.4. The van der Waals surface area contributed by atoms with Crippen molar-refractivity contribution in [2.24, 2.45) is 0 Å². The Morgan fingerprint density at radius 1 is 1.30 bits per heavy atom. The van der Waals surface area contributed by atoms with Crippen LogP contribution in [0.4, 0.5) is 15.8 Å². The SMILES string of the molecule is CCOc1ccc(C(=O)Nc2ccc(C)cc2F)cc1[N+](=O)[O-]. The van der Waals surface area contributed by atoms with Crippen LogP contribution in [0.25, 0.3) is 0 Å². The monoisotopic (exact) mass is 318 g/mol. The number of benzene rings is 2. The average Bonchev–Trinajstić information content (AvgIpc) is 2.50. The molecule has 23 heavy (non-hydrogen) atoms. The molecule has 2 aromatic rings. The lowest BCUT2D eigenvalue weighted by molar-refractivity contribution is -0.385. The molecule has 0 aromatic heterocycles. The van der Waals surface area contributed by atoms with Crippen LogP contribution < -0.4 is 10.1 Å². The molecule has 0 fully saturated rings. The van der Waals surface area contributed by atoms with E-state index < -0.39 is 16.6 Å². The summed E-state index contributed by atoms with van der Waals surface area (Å²) in [5, 5.41) is 13.4. The highest BCUT2D eigenvalue weighted by atomic mass is 19.1. The van der Waals surface area contributed by atoms with Gasteiger partial charge in [-0.25, -0.2) is 4.39 Å². The van der Waals surface area contributed by atoms with Crippen LogP contribution >= 0.6 is 0 Å². The molecule has 0 spiro atoms. The molecule has 0 unspecified atom stereocenters. The van der Waals surface area contributed by atoms with Gasteiger partial charge < -0.3 is 10.1 Å². The fraction of sp³-hybridized carbons (Fsp3) is 0.188. The van der Waals surface area contributed by atoms with Gasteiger partial charge in [-0.3, -0.25) is 14.9 Å². The van der Waals surface area contributed by atoms with E-state index in [0.717, 1.165) is 11.6 Å². The summed E-state index contributed by atoms with van der Waals surface area (Å²) in [6.45, 7) is 3.69. The summed E-state index contributed by atoms with van der Waals surface area (Å²) in [6.07, 6.45) is 0. The Morgan fingerprint density at radius 3 is 2.65 bits per heavy atom. The van der Waals surface area contributed by atoms with E-state index in [4.69, 9.17) is 4.74 Å². The zero-order chi connectivity index (χ0) is 17.0. The van der Waals surface area contributed by atoms with Crippen molar-refractivity contribution in [1.29, 1.82) is 0 Å². The second kappa shape index (κ2) is 6.87. The summed E-state index contributed by atoms with van der Waals surface area (Å²) in [6, 6.07) is 8.22. The van der Waals surface area contributed by atoms with Crippen molar-refractivity contribution < 1.29 is 18.8 Å². The van der Waals surface area contributed by atoms with Crippen LogP contribution in [0.1, 0.15) is 22.8 Å². The molecule has 0 saturated heterocycles. The molecule has 2 rings (SSSR count). The third-order valence-corrected chi connectivity index (χ3v) is 3.09. The first-order valence-electron chi connectivity index (χ1n) is 6.91. The number of aryl methyl sites for hydroxylation is 1. The van der Waals surface area contributed by atoms with E-state index in [1.807, 2.05) is 0 Å². The predicted molar refractivity (Wildman–Crippen MR) is 83.4 cm³/mol. The summed E-state index contributed by atoms with van der Waals surface area (Å²) in [7, 11) is 0. The van der Waals surface area contributed by atoms with Gasteiger partial charge in [-0.05, 0) is 43.7 Å². The number of ether oxygens (including phenoxy) is 1. The zero-order valence-electron chi connectivity index (χ0n) is 12.6. The van der Waals surface area contributed by atoms with E-state index in [-0.39, 0.29) is 29.3 Å². The third-order valence-electron chi connectivity index (χ3n) is 3.09. The van der Waals surface area contributed by atoms with Crippen LogP contribution in [-0.2, 0) is 0 Å². The first-order valence-corrected chi connectivity index (χ1v) is 6.91. The van der Waals surface area contributed by atoms with Gasteiger partial charge in [-0.1, -0.05) is 6.07 Å². The number of nitrogens with one attached hydrogen (secondary N) is 1. The Kier molecular flexibility index (Phi) is 4.90. The Hall–Kier alpha value is -2.96. The lowest BCUT2D eigenvalue weighted by atomic mass is 10.1. The predicted octanol–water partition coefficient (Wildman–Crippen LogP) is 3.69. The minimum atomic E-state index is -0.640. The van der Waals surface area contributed by atoms with Gasteiger partial charge in [0, 0.05) is 11.6 Å². The number of hydrogen-bond acceptors (Lipinski definition) is 4. The number of carbonyl (C=O) groups is 1. The molecule has 1 amide bonds. The normalized spacial score (nSPS) is 10.2. The second-order valence-corrected chi connectivity index (χ2v) is 4.81. The van der Waals surface area contributed by atoms with Crippen molar-refractivity contribution in [1.82, 2.24) is 0 Å². The number of carbonyl (C=O) groups excluding carboxylic acids is 1. The molecule has 2 aromatic carbocycles. The van der Waals surface area contributed by atoms with Crippen LogP contribution in [-0.4, -0.2) is 17.4 Å². The Labute approximate surface area is 132 Å². The molecule has 120 valence electrons. The molecule has 0 atom stereocenters. The molecule has 6 nitrogen and oxygen atoms in total. The van der Waals surface area contributed by atoms with Crippen LogP contribution in [0.3, 0.4) is 0 Å². The minimum absolute atomic E-state index is 0.0112. The Balaban J connectivity index is 2.28. The summed E-state index contributed by atoms with van der Waals surface area (Å²) in [5.41, 5.74) is 0.457. The molecule has 0 heterocycles. The van der Waals surface area contributed by atoms with E-state index in [0.29, 0.717) is 0 Å². The van der Waals surface area contributed by atoms with Crippen molar-refractivity contribution in [2.75, 3.05) is 11.9 Å². The van der Waals surface area contributed by atoms with E-state index >= 15 is 0 Å². The van der Waals surface area contributed by atoms with Crippen LogP contribution in [0.5, 0.6) is 5.75 Å². The van der Waals surface area contributed by atoms with Gasteiger partial charge in [-0.15, -0.1) is 0 Å². The molecular formula is C16H15FN2O4. The smallest absolute Gasteiger partial charge is 0.311 e. The van der Waals surface area contributed by atoms with Gasteiger partial charge in [0.2, 0.25) is 0 Å². The standard InChI is InChI=1S/C16H15FN2O4/c1-3-23-15-7-5-11(9-14(15)19(21)22)16(20)18-13-6-4-10(2)8-12(13)17/h4-9H,3H2,1-2H3,(H,18,20). The quantitative estimate of drug-likeness (QED) is 0.673. The van der Waals surface area contributed by atoms with Gasteiger partial charge in [0.05, 0.1) is 17.2 Å². The summed E-state index contributed by atoms with van der Waals surface area (Å²) in [4.78, 5) is 22.6. The van der Waals surface area contributed by atoms with Gasteiger partial charge in [0.25, 0.3) is 5.91 Å². The number of hydrogen-bond donors (Lipinski definition) is 1. The Morgan fingerprint density at radius 2 is 2.04 bits per heavy atom. The molecule has 0 aliphatic carbocycles. The summed E-state index contributed by atoms with van der Waals surface area (Å²) < 4.78 is 18.9. The van der Waals surface area contributed by atoms with Gasteiger partial charge in [-0.2, -0.15) is 0 Å². The fourth-order valence-corrected chi connectivity index (χ4v) is 1.99. The molecule has 0 bridgehead atoms. The number of amides is 1. The van der Waals surface area contributed by atoms with Gasteiger partial charge in [0.15, 0.2) is 5.75 Å². The molecule has 7 heteroatoms. The van der Waals surface area contributed by atoms with Gasteiger partial charge in [0.1, 0.15) is 5.82 Å². The maximum Gasteiger partial charge on any atom is 0.311 e. The molecule has 0 aliphatic rings. The summed E-state index contributed by atoms with van der Waals surface area (Å²) >= 11 is 0. The number of anilines is 1. The molecule has 0 aliphatic heterocycles. The number of halogens is 1. The van der Waals surface area contributed by atoms with Crippen LogP contribution in [0, 0.1) is 22.9 Å². The number of nitro benzene ring substituents is 1. The molecular weight excluding hydrogens is 303 g/mol. The number of nitro groups is 1. The van der Waals surface area contributed by atoms with Crippen LogP contribution in [0.2, 0.25) is 0 Å². The average molecular weight is 318 g/mol. The summed E-state index contributed by atoms with van der Waals surface area (Å²) in [5.74, 6) is -1.13. The van der Waals surface area contributed by atoms with E-state index in [1.165, 1.54) is 24.3 Å². The minimum Gasteiger partial charge on any atom is -0.487 e. The first-order chi connectivity index (χ1) is 10.9. The molecule has 1 N–H and O–H groups in total. The van der Waals surface area contributed by atoms with Crippen molar-refractivity contribution in [3.63, 3.8) is 0 Å². The maximum absolute atomic E-state index is 13.8. The lowest BCUT2D eigenvalue weighted by Crippen LogP contribution is -2.13. The highest BCUT2D eigenvalue weighted by Gasteiger charge is 2.19. The van der Waals surface area contributed by atoms with Crippen molar-refractivity contribution in [2.45, 2.75) is 13.8 Å².